The lowest BCUT2D eigenvalue weighted by atomic mass is 10.0. The lowest BCUT2D eigenvalue weighted by molar-refractivity contribution is 0.154. The maximum atomic E-state index is 14.7. The summed E-state index contributed by atoms with van der Waals surface area (Å²) in [6.07, 6.45) is 4.20. The first kappa shape index (κ1) is 18.2. The largest absolute Gasteiger partial charge is 0.379 e. The Bertz CT molecular complexity index is 1130. The Kier molecular flexibility index (Phi) is 4.62. The number of aliphatic hydroxyl groups is 1. The zero-order valence-corrected chi connectivity index (χ0v) is 15.2. The monoisotopic (exact) mass is 384 g/mol. The molecule has 0 saturated carbocycles. The number of aryl methyl sites for hydroxylation is 1. The summed E-state index contributed by atoms with van der Waals surface area (Å²) in [4.78, 5) is 4.19. The quantitative estimate of drug-likeness (QED) is 0.460. The van der Waals surface area contributed by atoms with Crippen LogP contribution >= 0.6 is 0 Å². The molecule has 0 radical (unpaired) electrons. The molecular weight excluding hydrogens is 366 g/mol. The van der Waals surface area contributed by atoms with E-state index in [1.807, 2.05) is 0 Å². The van der Waals surface area contributed by atoms with Crippen LogP contribution in [0.4, 0.5) is 8.78 Å². The van der Waals surface area contributed by atoms with Crippen LogP contribution in [0.1, 0.15) is 12.5 Å². The second-order valence-corrected chi connectivity index (χ2v) is 6.58. The maximum absolute atomic E-state index is 14.7. The van der Waals surface area contributed by atoms with Gasteiger partial charge in [0, 0.05) is 30.7 Å². The van der Waals surface area contributed by atoms with Crippen LogP contribution in [0.2, 0.25) is 0 Å². The van der Waals surface area contributed by atoms with E-state index in [1.165, 1.54) is 25.3 Å². The van der Waals surface area contributed by atoms with Gasteiger partial charge in [-0.3, -0.25) is 20.1 Å². The summed E-state index contributed by atoms with van der Waals surface area (Å²) in [6.45, 7) is 1.68. The number of nitrogens with one attached hydrogen (secondary N) is 2. The van der Waals surface area contributed by atoms with Crippen LogP contribution in [-0.4, -0.2) is 36.3 Å². The fourth-order valence-electron chi connectivity index (χ4n) is 3.05. The van der Waals surface area contributed by atoms with Crippen LogP contribution in [0, 0.1) is 11.6 Å². The molecule has 4 aromatic rings. The Hall–Kier alpha value is -3.17. The molecule has 4 rings (SSSR count). The van der Waals surface area contributed by atoms with Crippen LogP contribution in [0.25, 0.3) is 33.4 Å². The molecule has 7 nitrogen and oxygen atoms in total. The van der Waals surface area contributed by atoms with Crippen molar-refractivity contribution in [2.45, 2.75) is 19.7 Å². The number of fused-ring (bicyclic) bond motifs is 1. The number of rotatable bonds is 5. The molecule has 0 amide bonds. The van der Waals surface area contributed by atoms with Gasteiger partial charge in [0.2, 0.25) is 0 Å². The number of aromatic nitrogens is 5. The highest BCUT2D eigenvalue weighted by molar-refractivity contribution is 5.94. The molecule has 0 bridgehead atoms. The molecule has 144 valence electrons. The smallest absolute Gasteiger partial charge is 0.135 e. The van der Waals surface area contributed by atoms with Crippen molar-refractivity contribution in [3.63, 3.8) is 0 Å². The first-order chi connectivity index (χ1) is 13.4. The first-order valence-corrected chi connectivity index (χ1v) is 8.65. The number of aromatic amines is 1. The van der Waals surface area contributed by atoms with E-state index in [1.54, 1.807) is 30.2 Å². The molecule has 0 aliphatic carbocycles. The summed E-state index contributed by atoms with van der Waals surface area (Å²) in [7, 11) is 1.80. The average molecular weight is 384 g/mol. The second-order valence-electron chi connectivity index (χ2n) is 6.58. The summed E-state index contributed by atoms with van der Waals surface area (Å²) in [5.41, 5.74) is 2.42. The van der Waals surface area contributed by atoms with Gasteiger partial charge in [0.05, 0.1) is 29.2 Å². The van der Waals surface area contributed by atoms with Crippen molar-refractivity contribution in [1.82, 2.24) is 30.3 Å². The third kappa shape index (κ3) is 3.37. The zero-order valence-electron chi connectivity index (χ0n) is 15.2. The topological polar surface area (TPSA) is 91.6 Å². The molecule has 9 heteroatoms. The fourth-order valence-corrected chi connectivity index (χ4v) is 3.05. The van der Waals surface area contributed by atoms with Gasteiger partial charge in [-0.1, -0.05) is 0 Å². The van der Waals surface area contributed by atoms with E-state index in [2.05, 4.69) is 25.6 Å². The van der Waals surface area contributed by atoms with Gasteiger partial charge in [0.15, 0.2) is 0 Å². The SMILES string of the molecule is CC(O)NCc1cc(F)c(-c2cc3c(-c4cnn(C)c4)n[nH]c3cn2)c(F)c1. The average Bonchev–Trinajstić information content (AvgIpc) is 3.25. The van der Waals surface area contributed by atoms with Crippen molar-refractivity contribution >= 4 is 10.9 Å². The number of nitrogens with zero attached hydrogens (tertiary/aromatic N) is 4. The van der Waals surface area contributed by atoms with Gasteiger partial charge in [-0.25, -0.2) is 8.78 Å². The first-order valence-electron chi connectivity index (χ1n) is 8.65. The molecule has 0 spiro atoms. The van der Waals surface area contributed by atoms with E-state index in [-0.39, 0.29) is 17.8 Å². The van der Waals surface area contributed by atoms with Crippen molar-refractivity contribution in [1.29, 1.82) is 0 Å². The summed E-state index contributed by atoms with van der Waals surface area (Å²) in [5.74, 6) is -1.44. The van der Waals surface area contributed by atoms with E-state index in [4.69, 9.17) is 0 Å². The van der Waals surface area contributed by atoms with Crippen molar-refractivity contribution in [2.24, 2.45) is 7.05 Å². The van der Waals surface area contributed by atoms with Gasteiger partial charge in [-0.05, 0) is 30.7 Å². The number of halogens is 2. The van der Waals surface area contributed by atoms with Crippen molar-refractivity contribution in [3.05, 3.63) is 54.0 Å². The normalized spacial score (nSPS) is 12.6. The lowest BCUT2D eigenvalue weighted by Crippen LogP contribution is -2.24. The minimum atomic E-state index is -0.776. The van der Waals surface area contributed by atoms with Gasteiger partial charge in [-0.2, -0.15) is 10.2 Å². The number of pyridine rings is 1. The molecular formula is C19H18F2N6O. The van der Waals surface area contributed by atoms with Gasteiger partial charge >= 0.3 is 0 Å². The zero-order chi connectivity index (χ0) is 19.8. The number of H-pyrrole nitrogens is 1. The minimum Gasteiger partial charge on any atom is -0.379 e. The highest BCUT2D eigenvalue weighted by atomic mass is 19.1. The van der Waals surface area contributed by atoms with Crippen LogP contribution in [0.5, 0.6) is 0 Å². The molecule has 1 aromatic carbocycles. The van der Waals surface area contributed by atoms with E-state index in [0.717, 1.165) is 5.56 Å². The lowest BCUT2D eigenvalue weighted by Gasteiger charge is -2.10. The highest BCUT2D eigenvalue weighted by Gasteiger charge is 2.18. The molecule has 28 heavy (non-hydrogen) atoms. The predicted molar refractivity (Wildman–Crippen MR) is 100.0 cm³/mol. The van der Waals surface area contributed by atoms with Gasteiger partial charge in [-0.15, -0.1) is 0 Å². The fraction of sp³-hybridized carbons (Fsp3) is 0.211. The van der Waals surface area contributed by atoms with E-state index >= 15 is 0 Å². The number of hydrogen-bond donors (Lipinski definition) is 3. The van der Waals surface area contributed by atoms with Gasteiger partial charge in [0.25, 0.3) is 0 Å². The molecule has 3 N–H and O–H groups in total. The summed E-state index contributed by atoms with van der Waals surface area (Å²) in [6, 6.07) is 4.07. The van der Waals surface area contributed by atoms with E-state index in [0.29, 0.717) is 22.2 Å². The molecule has 1 unspecified atom stereocenters. The molecule has 0 fully saturated rings. The Morgan fingerprint density at radius 2 is 1.96 bits per heavy atom. The molecule has 1 atom stereocenters. The second kappa shape index (κ2) is 7.10. The summed E-state index contributed by atoms with van der Waals surface area (Å²) in [5, 5.41) is 23.9. The standard InChI is InChI=1S/C19H18F2N6O/c1-10(28)22-6-11-3-14(20)18(15(21)4-11)16-5-13-17(8-23-16)25-26-19(13)12-7-24-27(2)9-12/h3-5,7-10,22,28H,6H2,1-2H3,(H,25,26). The summed E-state index contributed by atoms with van der Waals surface area (Å²) >= 11 is 0. The highest BCUT2D eigenvalue weighted by Crippen LogP contribution is 2.31. The molecule has 3 heterocycles. The maximum Gasteiger partial charge on any atom is 0.135 e. The van der Waals surface area contributed by atoms with Crippen LogP contribution < -0.4 is 5.32 Å². The molecule has 0 aliphatic heterocycles. The number of aliphatic hydroxyl groups excluding tert-OH is 1. The molecule has 3 aromatic heterocycles. The summed E-state index contributed by atoms with van der Waals surface area (Å²) < 4.78 is 31.0. The van der Waals surface area contributed by atoms with E-state index in [9.17, 15) is 13.9 Å². The molecule has 0 saturated heterocycles. The van der Waals surface area contributed by atoms with Crippen LogP contribution in [0.15, 0.2) is 36.8 Å². The van der Waals surface area contributed by atoms with E-state index < -0.39 is 17.9 Å². The Balaban J connectivity index is 1.77. The van der Waals surface area contributed by atoms with Crippen LogP contribution in [-0.2, 0) is 13.6 Å². The number of benzene rings is 1. The van der Waals surface area contributed by atoms with Gasteiger partial charge < -0.3 is 5.11 Å². The van der Waals surface area contributed by atoms with Crippen molar-refractivity contribution in [3.8, 4) is 22.5 Å². The Morgan fingerprint density at radius 1 is 1.21 bits per heavy atom. The Labute approximate surface area is 159 Å². The minimum absolute atomic E-state index is 0.144. The Morgan fingerprint density at radius 3 is 2.61 bits per heavy atom. The van der Waals surface area contributed by atoms with Gasteiger partial charge in [0.1, 0.15) is 23.6 Å². The van der Waals surface area contributed by atoms with Crippen LogP contribution in [0.3, 0.4) is 0 Å². The third-order valence-corrected chi connectivity index (χ3v) is 4.39. The number of hydrogen-bond acceptors (Lipinski definition) is 5. The predicted octanol–water partition coefficient (Wildman–Crippen LogP) is 2.73. The third-order valence-electron chi connectivity index (χ3n) is 4.39. The van der Waals surface area contributed by atoms with Crippen molar-refractivity contribution < 1.29 is 13.9 Å². The molecule has 0 aliphatic rings. The van der Waals surface area contributed by atoms with Crippen molar-refractivity contribution in [2.75, 3.05) is 0 Å².